The number of ether oxygens (including phenoxy) is 2. The van der Waals surface area contributed by atoms with Crippen LogP contribution >= 0.6 is 0 Å². The lowest BCUT2D eigenvalue weighted by Gasteiger charge is -2.11. The number of carbonyl (C=O) groups is 2. The van der Waals surface area contributed by atoms with Crippen LogP contribution in [0.5, 0.6) is 17.2 Å². The Labute approximate surface area is 171 Å². The van der Waals surface area contributed by atoms with E-state index in [2.05, 4.69) is 4.74 Å². The Morgan fingerprint density at radius 1 is 1.03 bits per heavy atom. The fourth-order valence-corrected chi connectivity index (χ4v) is 3.18. The second-order valence-electron chi connectivity index (χ2n) is 6.55. The summed E-state index contributed by atoms with van der Waals surface area (Å²) in [6.45, 7) is 3.50. The van der Waals surface area contributed by atoms with E-state index in [0.29, 0.717) is 0 Å². The van der Waals surface area contributed by atoms with E-state index >= 15 is 0 Å². The number of phenols is 1. The van der Waals surface area contributed by atoms with Gasteiger partial charge in [0.25, 0.3) is 5.91 Å². The molecule has 1 heterocycles. The van der Waals surface area contributed by atoms with Crippen molar-refractivity contribution in [1.82, 2.24) is 4.57 Å². The van der Waals surface area contributed by atoms with Gasteiger partial charge in [0.05, 0.1) is 16.6 Å². The van der Waals surface area contributed by atoms with Gasteiger partial charge >= 0.3 is 12.3 Å². The van der Waals surface area contributed by atoms with Crippen LogP contribution in [0.2, 0.25) is 0 Å². The Bertz CT molecular complexity index is 1210. The molecule has 2 aromatic carbocycles. The van der Waals surface area contributed by atoms with Crippen molar-refractivity contribution < 1.29 is 46.1 Å². The first kappa shape index (κ1) is 22.1. The van der Waals surface area contributed by atoms with Crippen molar-refractivity contribution in [3.63, 3.8) is 0 Å². The molecule has 0 unspecified atom stereocenters. The largest absolute Gasteiger partial charge is 0.573 e. The van der Waals surface area contributed by atoms with E-state index in [1.807, 2.05) is 0 Å². The number of benzene rings is 2. The summed E-state index contributed by atoms with van der Waals surface area (Å²) in [7, 11) is 0. The molecule has 3 rings (SSSR count). The molecule has 1 N–H and O–H groups in total. The third-order valence-corrected chi connectivity index (χ3v) is 4.45. The van der Waals surface area contributed by atoms with Crippen LogP contribution in [0.25, 0.3) is 10.9 Å². The number of aromatic hydroxyl groups is 1. The van der Waals surface area contributed by atoms with Crippen molar-refractivity contribution in [3.8, 4) is 17.2 Å². The van der Waals surface area contributed by atoms with E-state index < -0.39 is 52.5 Å². The first-order chi connectivity index (χ1) is 14.3. The lowest BCUT2D eigenvalue weighted by atomic mass is 10.1. The summed E-state index contributed by atoms with van der Waals surface area (Å²) in [5, 5.41) is 9.24. The second-order valence-corrected chi connectivity index (χ2v) is 6.55. The van der Waals surface area contributed by atoms with E-state index in [1.54, 1.807) is 0 Å². The van der Waals surface area contributed by atoms with E-state index in [9.17, 15) is 36.6 Å². The first-order valence-electron chi connectivity index (χ1n) is 8.64. The van der Waals surface area contributed by atoms with Gasteiger partial charge in [-0.3, -0.25) is 14.2 Å². The Hall–Kier alpha value is -3.63. The van der Waals surface area contributed by atoms with E-state index in [0.717, 1.165) is 35.8 Å². The van der Waals surface area contributed by atoms with Crippen molar-refractivity contribution >= 4 is 22.8 Å². The predicted molar refractivity (Wildman–Crippen MR) is 97.2 cm³/mol. The zero-order chi connectivity index (χ0) is 23.2. The molecule has 0 aliphatic rings. The van der Waals surface area contributed by atoms with Crippen LogP contribution in [0.15, 0.2) is 24.3 Å². The monoisotopic (exact) mass is 443 g/mol. The van der Waals surface area contributed by atoms with E-state index in [1.165, 1.54) is 13.8 Å². The number of esters is 1. The van der Waals surface area contributed by atoms with Gasteiger partial charge < -0.3 is 14.6 Å². The van der Waals surface area contributed by atoms with Gasteiger partial charge in [0.1, 0.15) is 5.75 Å². The molecule has 0 radical (unpaired) electrons. The number of hydrogen-bond acceptors (Lipinski definition) is 5. The number of alkyl halides is 3. The molecule has 0 amide bonds. The number of phenolic OH excluding ortho intramolecular Hbond substituents is 1. The highest BCUT2D eigenvalue weighted by atomic mass is 19.4. The SMILES string of the molecule is CC(=O)Oc1c(C)n(C(=O)c2ccc(OC(F)(F)F)cc2)c2c(C)c(F)c(O)c(F)c12. The van der Waals surface area contributed by atoms with Gasteiger partial charge in [-0.2, -0.15) is 0 Å². The molecule has 11 heteroatoms. The van der Waals surface area contributed by atoms with Crippen LogP contribution in [-0.4, -0.2) is 27.9 Å². The number of hydrogen-bond donors (Lipinski definition) is 1. The third-order valence-electron chi connectivity index (χ3n) is 4.45. The molecule has 164 valence electrons. The fraction of sp³-hybridized carbons (Fsp3) is 0.200. The van der Waals surface area contributed by atoms with Crippen molar-refractivity contribution in [3.05, 3.63) is 52.7 Å². The molecule has 0 fully saturated rings. The van der Waals surface area contributed by atoms with Crippen LogP contribution < -0.4 is 9.47 Å². The summed E-state index contributed by atoms with van der Waals surface area (Å²) < 4.78 is 75.6. The topological polar surface area (TPSA) is 77.8 Å². The zero-order valence-electron chi connectivity index (χ0n) is 16.2. The van der Waals surface area contributed by atoms with Gasteiger partial charge in [0, 0.05) is 18.1 Å². The highest BCUT2D eigenvalue weighted by Gasteiger charge is 2.32. The van der Waals surface area contributed by atoms with E-state index in [4.69, 9.17) is 4.74 Å². The Balaban J connectivity index is 2.23. The molecule has 6 nitrogen and oxygen atoms in total. The summed E-state index contributed by atoms with van der Waals surface area (Å²) in [5.41, 5.74) is -0.835. The summed E-state index contributed by atoms with van der Waals surface area (Å²) in [4.78, 5) is 24.6. The van der Waals surface area contributed by atoms with Crippen LogP contribution in [0.1, 0.15) is 28.5 Å². The molecule has 0 bridgehead atoms. The molecular formula is C20H14F5NO5. The van der Waals surface area contributed by atoms with Crippen LogP contribution in [0, 0.1) is 25.5 Å². The molecule has 0 aliphatic heterocycles. The third kappa shape index (κ3) is 3.90. The lowest BCUT2D eigenvalue weighted by molar-refractivity contribution is -0.274. The molecule has 31 heavy (non-hydrogen) atoms. The van der Waals surface area contributed by atoms with E-state index in [-0.39, 0.29) is 22.3 Å². The van der Waals surface area contributed by atoms with Crippen LogP contribution in [-0.2, 0) is 4.79 Å². The summed E-state index contributed by atoms with van der Waals surface area (Å²) in [6, 6.07) is 3.86. The molecule has 0 spiro atoms. The second kappa shape index (κ2) is 7.56. The highest BCUT2D eigenvalue weighted by molar-refractivity contribution is 6.07. The Kier molecular flexibility index (Phi) is 5.38. The zero-order valence-corrected chi connectivity index (χ0v) is 16.2. The first-order valence-corrected chi connectivity index (χ1v) is 8.64. The van der Waals surface area contributed by atoms with Crippen LogP contribution in [0.3, 0.4) is 0 Å². The standard InChI is InChI=1S/C20H14F5NO5/c1-8-14(21)17(28)15(22)13-16(8)26(9(2)18(13)30-10(3)27)19(29)11-4-6-12(7-5-11)31-20(23,24)25/h4-7,28H,1-3H3. The number of halogens is 5. The molecule has 1 aromatic heterocycles. The maximum absolute atomic E-state index is 14.7. The molecule has 0 aliphatic carbocycles. The van der Waals surface area contributed by atoms with Gasteiger partial charge in [-0.25, -0.2) is 8.78 Å². The summed E-state index contributed by atoms with van der Waals surface area (Å²) in [6.07, 6.45) is -4.92. The molecule has 0 saturated heterocycles. The minimum Gasteiger partial charge on any atom is -0.503 e. The quantitative estimate of drug-likeness (QED) is 0.467. The predicted octanol–water partition coefficient (Wildman–Crippen LogP) is 4.75. The summed E-state index contributed by atoms with van der Waals surface area (Å²) in [5.74, 6) is -6.76. The highest BCUT2D eigenvalue weighted by Crippen LogP contribution is 2.42. The molecule has 0 atom stereocenters. The maximum atomic E-state index is 14.7. The number of fused-ring (bicyclic) bond motifs is 1. The minimum atomic E-state index is -4.92. The Morgan fingerprint density at radius 3 is 2.13 bits per heavy atom. The van der Waals surface area contributed by atoms with Crippen molar-refractivity contribution in [2.24, 2.45) is 0 Å². The number of aromatic nitrogens is 1. The van der Waals surface area contributed by atoms with Gasteiger partial charge in [-0.1, -0.05) is 0 Å². The molecule has 3 aromatic rings. The van der Waals surface area contributed by atoms with Gasteiger partial charge in [-0.15, -0.1) is 13.2 Å². The molecular weight excluding hydrogens is 429 g/mol. The van der Waals surface area contributed by atoms with Gasteiger partial charge in [-0.05, 0) is 38.1 Å². The van der Waals surface area contributed by atoms with Crippen molar-refractivity contribution in [2.45, 2.75) is 27.1 Å². The fourth-order valence-electron chi connectivity index (χ4n) is 3.18. The average Bonchev–Trinajstić information content (AvgIpc) is 2.95. The maximum Gasteiger partial charge on any atom is 0.573 e. The average molecular weight is 443 g/mol. The number of rotatable bonds is 3. The van der Waals surface area contributed by atoms with Crippen molar-refractivity contribution in [2.75, 3.05) is 0 Å². The normalized spacial score (nSPS) is 11.6. The smallest absolute Gasteiger partial charge is 0.503 e. The number of carbonyl (C=O) groups excluding carboxylic acids is 2. The Morgan fingerprint density at radius 2 is 1.61 bits per heavy atom. The minimum absolute atomic E-state index is 0.0854. The number of nitrogens with zero attached hydrogens (tertiary/aromatic N) is 1. The van der Waals surface area contributed by atoms with Crippen LogP contribution in [0.4, 0.5) is 22.0 Å². The summed E-state index contributed by atoms with van der Waals surface area (Å²) >= 11 is 0. The lowest BCUT2D eigenvalue weighted by Crippen LogP contribution is -2.17. The van der Waals surface area contributed by atoms with Gasteiger partial charge in [0.2, 0.25) is 0 Å². The van der Waals surface area contributed by atoms with Gasteiger partial charge in [0.15, 0.2) is 23.1 Å². The number of aryl methyl sites for hydroxylation is 1. The molecule has 0 saturated carbocycles. The van der Waals surface area contributed by atoms with Crippen molar-refractivity contribution in [1.29, 1.82) is 0 Å².